The monoisotopic (exact) mass is 545 g/mol. The number of fused-ring (bicyclic) bond motifs is 1. The van der Waals surface area contributed by atoms with E-state index in [-0.39, 0.29) is 35.0 Å². The zero-order valence-corrected chi connectivity index (χ0v) is 21.2. The Balaban J connectivity index is 1.24. The summed E-state index contributed by atoms with van der Waals surface area (Å²) in [6.07, 6.45) is -1.21. The van der Waals surface area contributed by atoms with Crippen molar-refractivity contribution in [1.82, 2.24) is 9.97 Å². The number of pyridine rings is 2. The Bertz CT molecular complexity index is 1350. The van der Waals surface area contributed by atoms with Crippen LogP contribution >= 0.6 is 11.6 Å². The van der Waals surface area contributed by atoms with Crippen molar-refractivity contribution in [2.75, 3.05) is 11.9 Å². The number of halogens is 3. The molecule has 3 aromatic rings. The number of hydrogen-bond acceptors (Lipinski definition) is 8. The van der Waals surface area contributed by atoms with E-state index in [9.17, 15) is 18.6 Å². The first kappa shape index (κ1) is 26.1. The van der Waals surface area contributed by atoms with Gasteiger partial charge in [0.05, 0.1) is 18.6 Å². The molecule has 9 nitrogen and oxygen atoms in total. The summed E-state index contributed by atoms with van der Waals surface area (Å²) in [5, 5.41) is 13.2. The minimum absolute atomic E-state index is 0.0357. The maximum absolute atomic E-state index is 13.4. The van der Waals surface area contributed by atoms with Crippen LogP contribution in [-0.4, -0.2) is 40.9 Å². The summed E-state index contributed by atoms with van der Waals surface area (Å²) < 4.78 is 46.6. The van der Waals surface area contributed by atoms with E-state index in [1.54, 1.807) is 31.2 Å². The fourth-order valence-electron chi connectivity index (χ4n) is 4.18. The molecule has 1 amide bonds. The lowest BCUT2D eigenvalue weighted by Gasteiger charge is -2.17. The fourth-order valence-corrected chi connectivity index (χ4v) is 4.48. The molecule has 1 saturated carbocycles. The summed E-state index contributed by atoms with van der Waals surface area (Å²) in [6, 6.07) is 9.27. The number of nitrogens with one attached hydrogen (secondary N) is 1. The Morgan fingerprint density at radius 1 is 1.21 bits per heavy atom. The van der Waals surface area contributed by atoms with Crippen molar-refractivity contribution < 1.29 is 37.5 Å². The molecule has 1 aliphatic carbocycles. The van der Waals surface area contributed by atoms with Crippen LogP contribution in [0.15, 0.2) is 42.6 Å². The summed E-state index contributed by atoms with van der Waals surface area (Å²) in [6.45, 7) is 4.07. The van der Waals surface area contributed by atoms with E-state index in [1.165, 1.54) is 18.3 Å². The molecular weight excluding hydrogens is 523 g/mol. The third-order valence-electron chi connectivity index (χ3n) is 6.40. The number of nitrogens with zero attached hydrogens (tertiary/aromatic N) is 2. The lowest BCUT2D eigenvalue weighted by Crippen LogP contribution is -2.34. The number of carbonyl (C=O) groups excluding carboxylic acids is 1. The van der Waals surface area contributed by atoms with Crippen LogP contribution in [0.1, 0.15) is 36.5 Å². The van der Waals surface area contributed by atoms with Gasteiger partial charge in [-0.25, -0.2) is 9.97 Å². The maximum Gasteiger partial charge on any atom is 0.586 e. The van der Waals surface area contributed by atoms with Gasteiger partial charge in [0.25, 0.3) is 0 Å². The van der Waals surface area contributed by atoms with Gasteiger partial charge in [0, 0.05) is 17.2 Å². The van der Waals surface area contributed by atoms with Crippen LogP contribution in [0.5, 0.6) is 17.4 Å². The molecule has 0 bridgehead atoms. The second-order valence-electron chi connectivity index (χ2n) is 8.99. The molecule has 0 spiro atoms. The second kappa shape index (κ2) is 10.0. The predicted octanol–water partition coefficient (Wildman–Crippen LogP) is 3.73. The van der Waals surface area contributed by atoms with Gasteiger partial charge in [0.2, 0.25) is 11.8 Å². The van der Waals surface area contributed by atoms with Gasteiger partial charge >= 0.3 is 13.4 Å². The molecule has 0 atom stereocenters. The number of amides is 1. The minimum atomic E-state index is -3.73. The number of benzene rings is 1. The average molecular weight is 546 g/mol. The molecule has 13 heteroatoms. The minimum Gasteiger partial charge on any atom is -0.478 e. The largest absolute Gasteiger partial charge is 0.586 e. The number of anilines is 1. The van der Waals surface area contributed by atoms with Gasteiger partial charge in [-0.1, -0.05) is 23.7 Å². The molecule has 1 aliphatic heterocycles. The van der Waals surface area contributed by atoms with E-state index in [0.717, 1.165) is 0 Å². The Labute approximate surface area is 222 Å². The van der Waals surface area contributed by atoms with E-state index >= 15 is 0 Å². The number of alkyl halides is 2. The zero-order chi connectivity index (χ0) is 27.1. The first-order valence-electron chi connectivity index (χ1n) is 11.9. The van der Waals surface area contributed by atoms with Crippen molar-refractivity contribution in [3.8, 4) is 17.4 Å². The molecule has 2 aromatic heterocycles. The van der Waals surface area contributed by atoms with E-state index in [0.29, 0.717) is 47.5 Å². The number of aryl methyl sites for hydroxylation is 1. The normalized spacial score (nSPS) is 16.2. The summed E-state index contributed by atoms with van der Waals surface area (Å²) in [5.74, 6) is 0.138. The van der Waals surface area contributed by atoms with E-state index in [1.807, 2.05) is 6.92 Å². The predicted molar refractivity (Wildman–Crippen MR) is 134 cm³/mol. The summed E-state index contributed by atoms with van der Waals surface area (Å²) in [7, 11) is -1.25. The molecule has 2 aliphatic rings. The van der Waals surface area contributed by atoms with Crippen LogP contribution in [-0.2, 0) is 21.5 Å². The van der Waals surface area contributed by atoms with Crippen molar-refractivity contribution >= 4 is 35.9 Å². The highest BCUT2D eigenvalue weighted by Gasteiger charge is 2.53. The lowest BCUT2D eigenvalue weighted by molar-refractivity contribution is -0.286. The Morgan fingerprint density at radius 3 is 2.63 bits per heavy atom. The van der Waals surface area contributed by atoms with Crippen molar-refractivity contribution in [2.45, 2.75) is 45.0 Å². The second-order valence-corrected chi connectivity index (χ2v) is 9.34. The van der Waals surface area contributed by atoms with Gasteiger partial charge in [-0.05, 0) is 62.1 Å². The number of rotatable bonds is 9. The van der Waals surface area contributed by atoms with Gasteiger partial charge in [0.15, 0.2) is 11.5 Å². The SMILES string of the molecule is CCOc1ccc(B(O)OCc2c(C)cc(NC(=O)C3(c4ccc5c(c4)OC(F)(F)O5)CC3)nc2Cl)cn1. The van der Waals surface area contributed by atoms with Crippen molar-refractivity contribution in [2.24, 2.45) is 0 Å². The highest BCUT2D eigenvalue weighted by Crippen LogP contribution is 2.52. The Morgan fingerprint density at radius 2 is 1.97 bits per heavy atom. The summed E-state index contributed by atoms with van der Waals surface area (Å²) in [5.41, 5.74) is 1.32. The van der Waals surface area contributed by atoms with Crippen LogP contribution in [0.25, 0.3) is 0 Å². The van der Waals surface area contributed by atoms with Crippen LogP contribution in [0.2, 0.25) is 5.15 Å². The molecule has 38 heavy (non-hydrogen) atoms. The van der Waals surface area contributed by atoms with Crippen LogP contribution in [0.3, 0.4) is 0 Å². The molecule has 3 heterocycles. The van der Waals surface area contributed by atoms with Crippen LogP contribution in [0, 0.1) is 6.92 Å². The summed E-state index contributed by atoms with van der Waals surface area (Å²) >= 11 is 6.39. The molecule has 0 unspecified atom stereocenters. The number of aromatic nitrogens is 2. The first-order chi connectivity index (χ1) is 18.1. The Hall–Kier alpha value is -3.48. The van der Waals surface area contributed by atoms with Crippen LogP contribution in [0.4, 0.5) is 14.6 Å². The Kier molecular flexibility index (Phi) is 6.89. The smallest absolute Gasteiger partial charge is 0.478 e. The molecule has 0 saturated heterocycles. The van der Waals surface area contributed by atoms with Gasteiger partial charge < -0.3 is 29.2 Å². The highest BCUT2D eigenvalue weighted by molar-refractivity contribution is 6.59. The molecule has 198 valence electrons. The number of ether oxygens (including phenoxy) is 3. The highest BCUT2D eigenvalue weighted by atomic mass is 35.5. The third kappa shape index (κ3) is 5.24. The molecule has 0 radical (unpaired) electrons. The van der Waals surface area contributed by atoms with E-state index in [4.69, 9.17) is 21.0 Å². The van der Waals surface area contributed by atoms with Crippen molar-refractivity contribution in [1.29, 1.82) is 0 Å². The number of hydrogen-bond donors (Lipinski definition) is 2. The van der Waals surface area contributed by atoms with Gasteiger partial charge in [-0.15, -0.1) is 8.78 Å². The third-order valence-corrected chi connectivity index (χ3v) is 6.71. The van der Waals surface area contributed by atoms with Gasteiger partial charge in [-0.2, -0.15) is 0 Å². The van der Waals surface area contributed by atoms with Gasteiger partial charge in [0.1, 0.15) is 11.0 Å². The molecule has 2 N–H and O–H groups in total. The molecule has 1 aromatic carbocycles. The van der Waals surface area contributed by atoms with Gasteiger partial charge in [-0.3, -0.25) is 4.79 Å². The topological polar surface area (TPSA) is 112 Å². The van der Waals surface area contributed by atoms with E-state index < -0.39 is 18.8 Å². The zero-order valence-electron chi connectivity index (χ0n) is 20.5. The standard InChI is InChI=1S/C25H23BClF2N3O6/c1-3-35-21-7-5-16(12-30-21)26(34)36-13-17-14(2)10-20(31-22(17)27)32-23(33)24(8-9-24)15-4-6-18-19(11-15)38-25(28,29)37-18/h4-7,10-12,34H,3,8-9,13H2,1-2H3,(H,31,32,33). The molecule has 1 fully saturated rings. The van der Waals surface area contributed by atoms with E-state index in [2.05, 4.69) is 24.8 Å². The average Bonchev–Trinajstić information content (AvgIpc) is 3.61. The molecule has 5 rings (SSSR count). The van der Waals surface area contributed by atoms with Crippen molar-refractivity contribution in [3.63, 3.8) is 0 Å². The quantitative estimate of drug-likeness (QED) is 0.309. The fraction of sp³-hybridized carbons (Fsp3) is 0.320. The first-order valence-corrected chi connectivity index (χ1v) is 12.2. The van der Waals surface area contributed by atoms with Crippen molar-refractivity contribution in [3.05, 3.63) is 64.4 Å². The maximum atomic E-state index is 13.4. The van der Waals surface area contributed by atoms with Crippen LogP contribution < -0.4 is 25.0 Å². The number of carbonyl (C=O) groups is 1. The lowest BCUT2D eigenvalue weighted by atomic mass is 9.81. The summed E-state index contributed by atoms with van der Waals surface area (Å²) in [4.78, 5) is 21.6. The molecular formula is C25H23BClF2N3O6.